The van der Waals surface area contributed by atoms with Crippen LogP contribution in [0.4, 0.5) is 0 Å². The van der Waals surface area contributed by atoms with Crippen LogP contribution in [0, 0.1) is 18.8 Å². The molecule has 2 unspecified atom stereocenters. The number of likely N-dealkylation sites (tertiary alicyclic amines) is 1. The second-order valence-corrected chi connectivity index (χ2v) is 7.19. The van der Waals surface area contributed by atoms with Gasteiger partial charge >= 0.3 is 0 Å². The summed E-state index contributed by atoms with van der Waals surface area (Å²) in [6, 6.07) is 0. The van der Waals surface area contributed by atoms with Crippen LogP contribution in [0.15, 0.2) is 4.99 Å². The van der Waals surface area contributed by atoms with Gasteiger partial charge in [0.25, 0.3) is 0 Å². The van der Waals surface area contributed by atoms with Gasteiger partial charge < -0.3 is 19.5 Å². The summed E-state index contributed by atoms with van der Waals surface area (Å²) in [5.41, 5.74) is 0. The van der Waals surface area contributed by atoms with Crippen LogP contribution in [0.5, 0.6) is 0 Å². The summed E-state index contributed by atoms with van der Waals surface area (Å²) in [4.78, 5) is 7.24. The van der Waals surface area contributed by atoms with Crippen molar-refractivity contribution in [3.63, 3.8) is 0 Å². The van der Waals surface area contributed by atoms with Gasteiger partial charge in [-0.25, -0.2) is 4.99 Å². The number of aromatic nitrogens is 3. The predicted molar refractivity (Wildman–Crippen MR) is 101 cm³/mol. The number of hydrogen-bond acceptors (Lipinski definition) is 4. The maximum Gasteiger partial charge on any atom is 0.194 e. The van der Waals surface area contributed by atoms with Gasteiger partial charge in [-0.2, -0.15) is 0 Å². The van der Waals surface area contributed by atoms with Gasteiger partial charge in [-0.15, -0.1) is 10.2 Å². The molecule has 2 heterocycles. The first-order chi connectivity index (χ1) is 12.0. The van der Waals surface area contributed by atoms with Crippen LogP contribution in [0.3, 0.4) is 0 Å². The van der Waals surface area contributed by atoms with E-state index in [1.54, 1.807) is 0 Å². The zero-order valence-electron chi connectivity index (χ0n) is 16.5. The molecule has 0 spiro atoms. The monoisotopic (exact) mass is 350 g/mol. The predicted octanol–water partition coefficient (Wildman–Crippen LogP) is 1.97. The van der Waals surface area contributed by atoms with Crippen molar-refractivity contribution in [3.05, 3.63) is 11.6 Å². The molecule has 7 nitrogen and oxygen atoms in total. The summed E-state index contributed by atoms with van der Waals surface area (Å²) in [5, 5.41) is 11.9. The van der Waals surface area contributed by atoms with E-state index in [0.29, 0.717) is 18.4 Å². The molecule has 1 N–H and O–H groups in total. The highest BCUT2D eigenvalue weighted by molar-refractivity contribution is 5.80. The minimum Gasteiger partial charge on any atom is -0.382 e. The summed E-state index contributed by atoms with van der Waals surface area (Å²) < 4.78 is 7.43. The van der Waals surface area contributed by atoms with Crippen LogP contribution in [0.2, 0.25) is 0 Å². The molecule has 1 aliphatic rings. The van der Waals surface area contributed by atoms with Crippen LogP contribution in [-0.4, -0.2) is 58.5 Å². The SMILES string of the molecule is CCOCCCNC(=NCc1nnc(C)n1C)N1CC(C)CC(C)C1. The van der Waals surface area contributed by atoms with E-state index in [4.69, 9.17) is 9.73 Å². The number of ether oxygens (including phenoxy) is 1. The molecule has 0 bridgehead atoms. The molecule has 1 aromatic heterocycles. The van der Waals surface area contributed by atoms with E-state index in [-0.39, 0.29) is 0 Å². The Hall–Kier alpha value is -1.63. The third kappa shape index (κ3) is 5.99. The lowest BCUT2D eigenvalue weighted by Gasteiger charge is -2.37. The average Bonchev–Trinajstić information content (AvgIpc) is 2.88. The van der Waals surface area contributed by atoms with Crippen LogP contribution in [0.25, 0.3) is 0 Å². The van der Waals surface area contributed by atoms with Crippen molar-refractivity contribution >= 4 is 5.96 Å². The lowest BCUT2D eigenvalue weighted by molar-refractivity contribution is 0.145. The molecule has 1 aliphatic heterocycles. The van der Waals surface area contributed by atoms with Gasteiger partial charge in [-0.3, -0.25) is 0 Å². The topological polar surface area (TPSA) is 67.6 Å². The maximum absolute atomic E-state index is 5.43. The molecule has 0 amide bonds. The second-order valence-electron chi connectivity index (χ2n) is 7.19. The number of hydrogen-bond donors (Lipinski definition) is 1. The number of aliphatic imine (C=N–C) groups is 1. The minimum atomic E-state index is 0.546. The Bertz CT molecular complexity index is 546. The van der Waals surface area contributed by atoms with Crippen molar-refractivity contribution in [2.45, 2.75) is 47.1 Å². The highest BCUT2D eigenvalue weighted by atomic mass is 16.5. The third-order valence-electron chi connectivity index (χ3n) is 4.67. The first-order valence-electron chi connectivity index (χ1n) is 9.47. The minimum absolute atomic E-state index is 0.546. The van der Waals surface area contributed by atoms with Crippen molar-refractivity contribution in [2.24, 2.45) is 23.9 Å². The summed E-state index contributed by atoms with van der Waals surface area (Å²) in [5.74, 6) is 4.17. The smallest absolute Gasteiger partial charge is 0.194 e. The van der Waals surface area contributed by atoms with Gasteiger partial charge in [0.15, 0.2) is 11.8 Å². The van der Waals surface area contributed by atoms with Crippen molar-refractivity contribution in [1.82, 2.24) is 25.0 Å². The van der Waals surface area contributed by atoms with Gasteiger partial charge in [0.2, 0.25) is 0 Å². The van der Waals surface area contributed by atoms with Gasteiger partial charge in [-0.1, -0.05) is 13.8 Å². The number of nitrogens with one attached hydrogen (secondary N) is 1. The summed E-state index contributed by atoms with van der Waals surface area (Å²) in [6.45, 7) is 13.7. The molecule has 0 aliphatic carbocycles. The van der Waals surface area contributed by atoms with E-state index in [1.807, 2.05) is 25.5 Å². The second kappa shape index (κ2) is 9.75. The zero-order valence-corrected chi connectivity index (χ0v) is 16.5. The van der Waals surface area contributed by atoms with E-state index >= 15 is 0 Å². The number of nitrogens with zero attached hydrogens (tertiary/aromatic N) is 5. The highest BCUT2D eigenvalue weighted by Gasteiger charge is 2.24. The number of rotatable bonds is 7. The molecule has 1 fully saturated rings. The number of piperidine rings is 1. The molecule has 25 heavy (non-hydrogen) atoms. The van der Waals surface area contributed by atoms with Crippen LogP contribution >= 0.6 is 0 Å². The Kier molecular flexibility index (Phi) is 7.68. The molecule has 1 aromatic rings. The first kappa shape index (κ1) is 19.7. The van der Waals surface area contributed by atoms with E-state index < -0.39 is 0 Å². The van der Waals surface area contributed by atoms with Gasteiger partial charge in [-0.05, 0) is 38.5 Å². The summed E-state index contributed by atoms with van der Waals surface area (Å²) in [7, 11) is 1.99. The van der Waals surface area contributed by atoms with Crippen LogP contribution in [0.1, 0.15) is 45.3 Å². The summed E-state index contributed by atoms with van der Waals surface area (Å²) in [6.07, 6.45) is 2.27. The highest BCUT2D eigenvalue weighted by Crippen LogP contribution is 2.21. The first-order valence-corrected chi connectivity index (χ1v) is 9.47. The van der Waals surface area contributed by atoms with E-state index in [2.05, 4.69) is 34.3 Å². The summed E-state index contributed by atoms with van der Waals surface area (Å²) >= 11 is 0. The third-order valence-corrected chi connectivity index (χ3v) is 4.67. The van der Waals surface area contributed by atoms with Crippen molar-refractivity contribution in [2.75, 3.05) is 32.8 Å². The standard InChI is InChI=1S/C18H34N6O/c1-6-25-9-7-8-19-18(24-12-14(2)10-15(3)13-24)20-11-17-22-21-16(4)23(17)5/h14-15H,6-13H2,1-5H3,(H,19,20). The van der Waals surface area contributed by atoms with Crippen LogP contribution in [-0.2, 0) is 18.3 Å². The number of aryl methyl sites for hydroxylation is 1. The maximum atomic E-state index is 5.43. The van der Waals surface area contributed by atoms with Gasteiger partial charge in [0, 0.05) is 39.9 Å². The Morgan fingerprint density at radius 3 is 2.60 bits per heavy atom. The van der Waals surface area contributed by atoms with E-state index in [9.17, 15) is 0 Å². The number of guanidine groups is 1. The van der Waals surface area contributed by atoms with Gasteiger partial charge in [0.05, 0.1) is 0 Å². The Balaban J connectivity index is 2.02. The molecule has 7 heteroatoms. The molecule has 0 aromatic carbocycles. The fourth-order valence-corrected chi connectivity index (χ4v) is 3.36. The van der Waals surface area contributed by atoms with Crippen molar-refractivity contribution < 1.29 is 4.74 Å². The Morgan fingerprint density at radius 2 is 2.00 bits per heavy atom. The molecule has 2 atom stereocenters. The molecule has 0 radical (unpaired) electrons. The molecule has 0 saturated carbocycles. The molecular weight excluding hydrogens is 316 g/mol. The van der Waals surface area contributed by atoms with E-state index in [0.717, 1.165) is 56.9 Å². The van der Waals surface area contributed by atoms with Crippen molar-refractivity contribution in [1.29, 1.82) is 0 Å². The van der Waals surface area contributed by atoms with Gasteiger partial charge in [0.1, 0.15) is 12.4 Å². The quantitative estimate of drug-likeness (QED) is 0.463. The molecule has 1 saturated heterocycles. The average molecular weight is 351 g/mol. The van der Waals surface area contributed by atoms with Crippen LogP contribution < -0.4 is 5.32 Å². The van der Waals surface area contributed by atoms with Crippen molar-refractivity contribution in [3.8, 4) is 0 Å². The zero-order chi connectivity index (χ0) is 18.2. The normalized spacial score (nSPS) is 21.6. The molecule has 2 rings (SSSR count). The lowest BCUT2D eigenvalue weighted by Crippen LogP contribution is -2.48. The Morgan fingerprint density at radius 1 is 1.28 bits per heavy atom. The fraction of sp³-hybridized carbons (Fsp3) is 0.833. The molecule has 142 valence electrons. The fourth-order valence-electron chi connectivity index (χ4n) is 3.36. The lowest BCUT2D eigenvalue weighted by atomic mass is 9.92. The largest absolute Gasteiger partial charge is 0.382 e. The molecular formula is C18H34N6O. The Labute approximate surface area is 151 Å². The van der Waals surface area contributed by atoms with E-state index in [1.165, 1.54) is 6.42 Å².